The number of carboxylic acid groups (broad SMARTS) is 3. The van der Waals surface area contributed by atoms with Gasteiger partial charge >= 0.3 is 30.0 Å². The normalized spacial score (nSPS) is 15.9. The summed E-state index contributed by atoms with van der Waals surface area (Å²) in [4.78, 5) is 100. The van der Waals surface area contributed by atoms with Crippen LogP contribution in [0, 0.1) is 5.92 Å². The topological polar surface area (TPSA) is 280 Å². The number of alkyl halides is 1. The first kappa shape index (κ1) is 63.5. The molecule has 24 heteroatoms. The molecule has 0 aromatic heterocycles. The van der Waals surface area contributed by atoms with Crippen molar-refractivity contribution in [1.29, 1.82) is 0 Å². The molecule has 5 N–H and O–H groups in total. The van der Waals surface area contributed by atoms with Gasteiger partial charge in [-0.1, -0.05) is 50.2 Å². The summed E-state index contributed by atoms with van der Waals surface area (Å²) in [7, 11) is -0.974. The highest BCUT2D eigenvalue weighted by Crippen LogP contribution is 2.50. The fourth-order valence-corrected chi connectivity index (χ4v) is 14.6. The molecule has 1 spiro atoms. The molecule has 2 amide bonds. The van der Waals surface area contributed by atoms with Crippen molar-refractivity contribution in [2.75, 3.05) is 130 Å². The van der Waals surface area contributed by atoms with E-state index in [4.69, 9.17) is 44.9 Å². The largest absolute Gasteiger partial charge is 0.488 e. The number of hydrogen-bond donors (Lipinski definition) is 5. The van der Waals surface area contributed by atoms with Gasteiger partial charge in [0.25, 0.3) is 5.91 Å². The third kappa shape index (κ3) is 14.8. The number of rotatable bonds is 30. The minimum absolute atomic E-state index is 0.0549. The summed E-state index contributed by atoms with van der Waals surface area (Å²) in [5, 5.41) is 36.7. The number of aliphatic carboxylic acids is 3. The lowest BCUT2D eigenvalue weighted by molar-refractivity contribution is -0.191. The molecule has 0 saturated carbocycles. The van der Waals surface area contributed by atoms with E-state index in [1.54, 1.807) is 67.7 Å². The molecule has 456 valence electrons. The van der Waals surface area contributed by atoms with Crippen molar-refractivity contribution in [3.05, 3.63) is 125 Å². The minimum atomic E-state index is -2.57. The number of anilines is 5. The Balaban J connectivity index is 0.00000314. The zero-order valence-electron chi connectivity index (χ0n) is 48.3. The minimum Gasteiger partial charge on any atom is -0.488 e. The molecule has 4 aliphatic rings. The number of para-hydroxylation sites is 2. The molecule has 5 aromatic rings. The summed E-state index contributed by atoms with van der Waals surface area (Å²) in [5.41, 5.74) is 4.94. The van der Waals surface area contributed by atoms with Crippen molar-refractivity contribution in [2.24, 2.45) is 5.92 Å². The van der Waals surface area contributed by atoms with Crippen molar-refractivity contribution in [3.63, 3.8) is 0 Å². The van der Waals surface area contributed by atoms with Crippen LogP contribution in [0.5, 0.6) is 11.5 Å². The van der Waals surface area contributed by atoms with Crippen LogP contribution in [0.1, 0.15) is 69.5 Å². The van der Waals surface area contributed by atoms with Crippen molar-refractivity contribution in [3.8, 4) is 11.5 Å². The van der Waals surface area contributed by atoms with Gasteiger partial charge in [-0.25, -0.2) is 4.79 Å². The highest BCUT2D eigenvalue weighted by molar-refractivity contribution is 7.01. The lowest BCUT2D eigenvalue weighted by Gasteiger charge is -2.46. The maximum absolute atomic E-state index is 14.1. The molecule has 4 heterocycles. The van der Waals surface area contributed by atoms with Crippen LogP contribution in [0.2, 0.25) is 13.1 Å². The van der Waals surface area contributed by atoms with Gasteiger partial charge in [-0.2, -0.15) is 9.59 Å². The van der Waals surface area contributed by atoms with Crippen LogP contribution in [-0.4, -0.2) is 170 Å². The average molecular weight is 1220 g/mol. The zero-order valence-corrected chi connectivity index (χ0v) is 50.0. The number of nitrogens with one attached hydrogen (secondary N) is 2. The van der Waals surface area contributed by atoms with E-state index in [1.807, 2.05) is 12.1 Å². The van der Waals surface area contributed by atoms with Crippen molar-refractivity contribution < 1.29 is 77.4 Å². The number of halogens is 1. The SMILES string of the molecule is CN(CC(=O)O)c1ccc(NC(=O)C2CN(c3ccc4c(c3)[Si](C)(C)c3cc(N5CCC5)ccc3C43OC(=O)c4ccc(C(=O)NCCOCCOCCCCCCCl)cc43)C2)cc1OCCOc1ccccc1N(CC(=O)O)CC(=O)O.O=C=O. The molecule has 2 saturated heterocycles. The fourth-order valence-electron chi connectivity index (χ4n) is 11.2. The second-order valence-corrected chi connectivity index (χ2v) is 26.5. The summed E-state index contributed by atoms with van der Waals surface area (Å²) in [6.45, 7) is 7.91. The van der Waals surface area contributed by atoms with E-state index >= 15 is 0 Å². The number of unbranched alkanes of at least 4 members (excludes halogenated alkanes) is 3. The third-order valence-electron chi connectivity index (χ3n) is 15.6. The van der Waals surface area contributed by atoms with Crippen molar-refractivity contribution in [2.45, 2.75) is 50.8 Å². The van der Waals surface area contributed by atoms with E-state index in [0.29, 0.717) is 73.5 Å². The lowest BCUT2D eigenvalue weighted by Crippen LogP contribution is -2.63. The number of carbonyl (C=O) groups excluding carboxylic acids is 5. The Labute approximate surface area is 503 Å². The predicted molar refractivity (Wildman–Crippen MR) is 323 cm³/mol. The van der Waals surface area contributed by atoms with Gasteiger partial charge in [-0.3, -0.25) is 24.0 Å². The Hall–Kier alpha value is -8.47. The number of fused-ring (bicyclic) bond motifs is 6. The summed E-state index contributed by atoms with van der Waals surface area (Å²) in [5.74, 6) is -3.71. The Bertz CT molecular complexity index is 3320. The summed E-state index contributed by atoms with van der Waals surface area (Å²) in [6.07, 6.45) is 5.52. The van der Waals surface area contributed by atoms with Crippen molar-refractivity contribution >= 4 is 100 Å². The van der Waals surface area contributed by atoms with Gasteiger partial charge in [0.05, 0.1) is 42.7 Å². The quantitative estimate of drug-likeness (QED) is 0.0164. The summed E-state index contributed by atoms with van der Waals surface area (Å²) in [6, 6.07) is 29.2. The number of carbonyl (C=O) groups is 6. The molecule has 22 nitrogen and oxygen atoms in total. The number of ether oxygens (including phenoxy) is 5. The van der Waals surface area contributed by atoms with Gasteiger partial charge in [-0.15, -0.1) is 11.6 Å². The molecule has 9 rings (SSSR count). The maximum Gasteiger partial charge on any atom is 0.373 e. The first-order valence-electron chi connectivity index (χ1n) is 28.5. The van der Waals surface area contributed by atoms with Gasteiger partial charge in [0.15, 0.2) is 5.60 Å². The van der Waals surface area contributed by atoms with Gasteiger partial charge in [0, 0.05) is 97.6 Å². The number of amides is 2. The van der Waals surface area contributed by atoms with Gasteiger partial charge in [0.2, 0.25) is 5.91 Å². The van der Waals surface area contributed by atoms with E-state index in [1.165, 1.54) is 9.80 Å². The monoisotopic (exact) mass is 1220 g/mol. The first-order chi connectivity index (χ1) is 41.4. The van der Waals surface area contributed by atoms with Gasteiger partial charge in [0.1, 0.15) is 52.4 Å². The number of benzene rings is 5. The molecular weight excluding hydrogens is 1150 g/mol. The molecule has 4 aliphatic heterocycles. The molecule has 5 aromatic carbocycles. The molecule has 2 fully saturated rings. The number of esters is 1. The summed E-state index contributed by atoms with van der Waals surface area (Å²) < 4.78 is 30.2. The van der Waals surface area contributed by atoms with Crippen LogP contribution in [0.4, 0.5) is 28.4 Å². The number of nitrogens with zero attached hydrogens (tertiary/aromatic N) is 4. The van der Waals surface area contributed by atoms with Gasteiger partial charge in [-0.05, 0) is 96.4 Å². The van der Waals surface area contributed by atoms with E-state index in [0.717, 1.165) is 78.1 Å². The number of carboxylic acids is 3. The van der Waals surface area contributed by atoms with Gasteiger partial charge < -0.3 is 69.2 Å². The van der Waals surface area contributed by atoms with E-state index < -0.39 is 56.6 Å². The van der Waals surface area contributed by atoms with Crippen molar-refractivity contribution in [1.82, 2.24) is 5.32 Å². The van der Waals surface area contributed by atoms with Crippen LogP contribution in [0.15, 0.2) is 97.1 Å². The zero-order chi connectivity index (χ0) is 61.5. The summed E-state index contributed by atoms with van der Waals surface area (Å²) >= 11 is 5.76. The average Bonchev–Trinajstić information content (AvgIpc) is 1.32. The van der Waals surface area contributed by atoms with Crippen LogP contribution in [0.3, 0.4) is 0 Å². The highest BCUT2D eigenvalue weighted by Gasteiger charge is 2.56. The Kier molecular flexibility index (Phi) is 21.5. The first-order valence-corrected chi connectivity index (χ1v) is 32.0. The smallest absolute Gasteiger partial charge is 0.373 e. The Morgan fingerprint density at radius 3 is 1.94 bits per heavy atom. The van der Waals surface area contributed by atoms with E-state index in [2.05, 4.69) is 57.8 Å². The molecule has 86 heavy (non-hydrogen) atoms. The second kappa shape index (κ2) is 29.1. The standard InChI is InChI=1S/C61H71ClN6O14Si.CO2/c1-65(37-55(69)70)49-20-14-42(32-52(49)81-30-29-80-51-12-7-6-11-50(51)68(38-56(71)72)39-57(73)74)64-59(76)41-35-67(36-41)44-16-19-47-54(34-44)83(2,3)53-33-43(66-23-10-24-66)15-18-46(53)61(47)48-31-40(13-17-45(48)60(77)82-61)58(75)63-22-26-79-28-27-78-25-9-5-4-8-21-62;2-1-3/h6-7,11-20,31-34,41H,4-5,8-10,21-30,35-39H2,1-3H3,(H,63,75)(H,64,76)(H,69,70)(H,71,72)(H,73,74);. The second-order valence-electron chi connectivity index (χ2n) is 21.8. The van der Waals surface area contributed by atoms with E-state index in [9.17, 15) is 44.1 Å². The molecule has 1 atom stereocenters. The van der Waals surface area contributed by atoms with Crippen LogP contribution < -0.4 is 50.1 Å². The molecule has 0 aliphatic carbocycles. The number of likely N-dealkylation sites (N-methyl/N-ethyl adjacent to an activating group) is 1. The maximum atomic E-state index is 14.1. The lowest BCUT2D eigenvalue weighted by atomic mass is 9.78. The highest BCUT2D eigenvalue weighted by atomic mass is 35.5. The molecule has 0 radical (unpaired) electrons. The molecule has 1 unspecified atom stereocenters. The van der Waals surface area contributed by atoms with Crippen LogP contribution in [-0.2, 0) is 48.6 Å². The Morgan fingerprint density at radius 2 is 1.31 bits per heavy atom. The van der Waals surface area contributed by atoms with Crippen LogP contribution in [0.25, 0.3) is 0 Å². The van der Waals surface area contributed by atoms with Crippen LogP contribution >= 0.6 is 11.6 Å². The molecule has 0 bridgehead atoms. The van der Waals surface area contributed by atoms with E-state index in [-0.39, 0.29) is 61.5 Å². The predicted octanol–water partition coefficient (Wildman–Crippen LogP) is 5.50. The third-order valence-corrected chi connectivity index (χ3v) is 19.4. The molecular formula is C62H71ClN6O16Si. The number of hydrogen-bond acceptors (Lipinski definition) is 17. The Morgan fingerprint density at radius 1 is 0.698 bits per heavy atom. The fraction of sp³-hybridized carbons (Fsp3) is 0.403.